The molecule has 11 rings (SSSR count). The Morgan fingerprint density at radius 2 is 1.11 bits per heavy atom. The lowest BCUT2D eigenvalue weighted by atomic mass is 9.80. The Hall–Kier alpha value is -6.22. The van der Waals surface area contributed by atoms with E-state index in [0.29, 0.717) is 0 Å². The second-order valence-corrected chi connectivity index (χ2v) is 15.5. The number of thiophene rings is 1. The van der Waals surface area contributed by atoms with Crippen molar-refractivity contribution in [3.8, 4) is 43.8 Å². The summed E-state index contributed by atoms with van der Waals surface area (Å²) in [6, 6.07) is 55.7. The lowest BCUT2D eigenvalue weighted by molar-refractivity contribution is 0.670. The van der Waals surface area contributed by atoms with E-state index in [2.05, 4.69) is 171 Å². The average Bonchev–Trinajstić information content (AvgIpc) is 3.82. The summed E-state index contributed by atoms with van der Waals surface area (Å²) in [5.41, 5.74) is 13.4. The van der Waals surface area contributed by atoms with Gasteiger partial charge >= 0.3 is 0 Å². The number of hydrogen-bond acceptors (Lipinski definition) is 2. The molecule has 1 aliphatic rings. The van der Waals surface area contributed by atoms with Gasteiger partial charge in [0.05, 0.1) is 0 Å². The average molecular weight is 695 g/mol. The Morgan fingerprint density at radius 3 is 1.79 bits per heavy atom. The van der Waals surface area contributed by atoms with Crippen molar-refractivity contribution in [2.24, 2.45) is 0 Å². The molecule has 1 nitrogen and oxygen atoms in total. The molecule has 0 aliphatic heterocycles. The van der Waals surface area contributed by atoms with Crippen LogP contribution in [0.5, 0.6) is 0 Å². The highest BCUT2D eigenvalue weighted by atomic mass is 32.1. The first-order valence-electron chi connectivity index (χ1n) is 18.5. The molecule has 250 valence electrons. The molecule has 0 unspecified atom stereocenters. The van der Waals surface area contributed by atoms with Gasteiger partial charge in [0.15, 0.2) is 0 Å². The third kappa shape index (κ3) is 4.62. The first kappa shape index (κ1) is 30.4. The molecule has 2 heterocycles. The lowest BCUT2D eigenvalue weighted by Crippen LogP contribution is -2.02. The van der Waals surface area contributed by atoms with Crippen LogP contribution in [0.25, 0.3) is 104 Å². The largest absolute Gasteiger partial charge is 0.455 e. The fourth-order valence-electron chi connectivity index (χ4n) is 9.03. The molecule has 0 spiro atoms. The third-order valence-electron chi connectivity index (χ3n) is 11.2. The number of hydrogen-bond donors (Lipinski definition) is 0. The minimum Gasteiger partial charge on any atom is -0.455 e. The molecular formula is C51H34OS. The number of fused-ring (bicyclic) bond motifs is 7. The summed E-state index contributed by atoms with van der Waals surface area (Å²) < 4.78 is 6.92. The molecule has 10 aromatic rings. The molecule has 8 aromatic carbocycles. The van der Waals surface area contributed by atoms with Crippen LogP contribution in [0.1, 0.15) is 22.4 Å². The van der Waals surface area contributed by atoms with Crippen LogP contribution in [0.2, 0.25) is 0 Å². The van der Waals surface area contributed by atoms with Crippen molar-refractivity contribution in [3.63, 3.8) is 0 Å². The van der Waals surface area contributed by atoms with Crippen molar-refractivity contribution in [1.29, 1.82) is 0 Å². The zero-order valence-electron chi connectivity index (χ0n) is 29.3. The second-order valence-electron chi connectivity index (χ2n) is 14.2. The maximum Gasteiger partial charge on any atom is 0.143 e. The highest BCUT2D eigenvalue weighted by Crippen LogP contribution is 2.49. The standard InChI is InChI=1S/C51H34OS/c1-31-26-29-46(53-31)50-40-22-11-7-18-36(40)48(37-19-8-12-23-41(37)50)33-27-28-45-44(30-33)42-24-13-25-43(51(42)52-45)49-38-20-9-5-16-34(38)47(32-14-3-2-4-15-32)35-17-6-10-21-39(35)49/h2-9,11-20,22-30H,10,21H2,1H3. The molecule has 2 aromatic heterocycles. The van der Waals surface area contributed by atoms with Gasteiger partial charge in [-0.25, -0.2) is 0 Å². The topological polar surface area (TPSA) is 13.1 Å². The van der Waals surface area contributed by atoms with E-state index >= 15 is 0 Å². The van der Waals surface area contributed by atoms with Gasteiger partial charge < -0.3 is 4.42 Å². The summed E-state index contributed by atoms with van der Waals surface area (Å²) in [4.78, 5) is 2.64. The summed E-state index contributed by atoms with van der Waals surface area (Å²) >= 11 is 1.87. The van der Waals surface area contributed by atoms with Gasteiger partial charge in [-0.3, -0.25) is 0 Å². The first-order chi connectivity index (χ1) is 26.2. The van der Waals surface area contributed by atoms with Crippen LogP contribution in [0, 0.1) is 6.92 Å². The maximum absolute atomic E-state index is 6.92. The van der Waals surface area contributed by atoms with Gasteiger partial charge in [0, 0.05) is 31.7 Å². The van der Waals surface area contributed by atoms with Crippen LogP contribution >= 0.6 is 11.3 Å². The fraction of sp³-hybridized carbons (Fsp3) is 0.0588. The number of para-hydroxylation sites is 1. The third-order valence-corrected chi connectivity index (χ3v) is 12.3. The summed E-state index contributed by atoms with van der Waals surface area (Å²) in [5, 5.41) is 9.94. The van der Waals surface area contributed by atoms with E-state index in [0.717, 1.165) is 40.3 Å². The number of allylic oxidation sites excluding steroid dienone is 1. The highest BCUT2D eigenvalue weighted by Gasteiger charge is 2.24. The van der Waals surface area contributed by atoms with E-state index in [1.807, 2.05) is 11.3 Å². The predicted octanol–water partition coefficient (Wildman–Crippen LogP) is 15.0. The summed E-state index contributed by atoms with van der Waals surface area (Å²) in [5.74, 6) is 0. The normalized spacial score (nSPS) is 12.8. The van der Waals surface area contributed by atoms with Crippen LogP contribution in [-0.4, -0.2) is 0 Å². The minimum atomic E-state index is 0.912. The van der Waals surface area contributed by atoms with E-state index in [1.165, 1.54) is 86.6 Å². The van der Waals surface area contributed by atoms with Crippen molar-refractivity contribution in [2.75, 3.05) is 0 Å². The predicted molar refractivity (Wildman–Crippen MR) is 228 cm³/mol. The van der Waals surface area contributed by atoms with Gasteiger partial charge in [0.1, 0.15) is 11.2 Å². The number of furan rings is 1. The molecular weight excluding hydrogens is 661 g/mol. The maximum atomic E-state index is 6.92. The Kier molecular flexibility index (Phi) is 6.84. The lowest BCUT2D eigenvalue weighted by Gasteiger charge is -2.23. The molecule has 1 aliphatic carbocycles. The Bertz CT molecular complexity index is 3060. The molecule has 0 saturated heterocycles. The van der Waals surface area contributed by atoms with Crippen molar-refractivity contribution in [3.05, 3.63) is 174 Å². The van der Waals surface area contributed by atoms with Crippen molar-refractivity contribution in [1.82, 2.24) is 0 Å². The molecule has 0 amide bonds. The van der Waals surface area contributed by atoms with E-state index in [4.69, 9.17) is 4.42 Å². The smallest absolute Gasteiger partial charge is 0.143 e. The van der Waals surface area contributed by atoms with Crippen LogP contribution in [0.3, 0.4) is 0 Å². The zero-order valence-corrected chi connectivity index (χ0v) is 30.1. The first-order valence-corrected chi connectivity index (χ1v) is 19.3. The summed E-state index contributed by atoms with van der Waals surface area (Å²) in [6.07, 6.45) is 6.70. The Labute approximate surface area is 312 Å². The number of rotatable bonds is 4. The van der Waals surface area contributed by atoms with E-state index in [9.17, 15) is 0 Å². The molecule has 0 saturated carbocycles. The second kappa shape index (κ2) is 11.9. The Balaban J connectivity index is 1.17. The molecule has 0 fully saturated rings. The van der Waals surface area contributed by atoms with E-state index < -0.39 is 0 Å². The van der Waals surface area contributed by atoms with Crippen LogP contribution in [0.15, 0.2) is 162 Å². The molecule has 0 atom stereocenters. The monoisotopic (exact) mass is 694 g/mol. The zero-order chi connectivity index (χ0) is 35.0. The van der Waals surface area contributed by atoms with Crippen LogP contribution < -0.4 is 0 Å². The van der Waals surface area contributed by atoms with Crippen molar-refractivity contribution < 1.29 is 4.42 Å². The van der Waals surface area contributed by atoms with Crippen LogP contribution in [-0.2, 0) is 6.42 Å². The van der Waals surface area contributed by atoms with E-state index in [1.54, 1.807) is 0 Å². The van der Waals surface area contributed by atoms with E-state index in [-0.39, 0.29) is 0 Å². The summed E-state index contributed by atoms with van der Waals surface area (Å²) in [6.45, 7) is 2.19. The fourth-order valence-corrected chi connectivity index (χ4v) is 9.97. The molecule has 0 radical (unpaired) electrons. The minimum absolute atomic E-state index is 0.912. The Morgan fingerprint density at radius 1 is 0.491 bits per heavy atom. The van der Waals surface area contributed by atoms with Gasteiger partial charge in [-0.05, 0) is 115 Å². The summed E-state index contributed by atoms with van der Waals surface area (Å²) in [7, 11) is 0. The quantitative estimate of drug-likeness (QED) is 0.167. The molecule has 53 heavy (non-hydrogen) atoms. The number of aryl methyl sites for hydroxylation is 1. The molecule has 2 heteroatoms. The van der Waals surface area contributed by atoms with Crippen molar-refractivity contribution in [2.45, 2.75) is 19.8 Å². The SMILES string of the molecule is Cc1ccc(-c2c3ccccc3c(-c3ccc4oc5c(-c6c7c(c(-c8ccccc8)c8ccccc68)C=CCC7)cccc5c4c3)c3ccccc23)s1. The van der Waals surface area contributed by atoms with Crippen molar-refractivity contribution >= 4 is 71.7 Å². The van der Waals surface area contributed by atoms with Gasteiger partial charge in [0.2, 0.25) is 0 Å². The van der Waals surface area contributed by atoms with Gasteiger partial charge in [-0.15, -0.1) is 11.3 Å². The molecule has 0 N–H and O–H groups in total. The van der Waals surface area contributed by atoms with Gasteiger partial charge in [0.25, 0.3) is 0 Å². The number of benzene rings is 8. The van der Waals surface area contributed by atoms with Crippen LogP contribution in [0.4, 0.5) is 0 Å². The highest BCUT2D eigenvalue weighted by molar-refractivity contribution is 7.15. The van der Waals surface area contributed by atoms with Gasteiger partial charge in [-0.1, -0.05) is 140 Å². The van der Waals surface area contributed by atoms with Gasteiger partial charge in [-0.2, -0.15) is 0 Å². The molecule has 0 bridgehead atoms.